The normalized spacial score (nSPS) is 14.9. The third kappa shape index (κ3) is 3.90. The Hall–Kier alpha value is -3.09. The minimum Gasteiger partial charge on any atom is -0.496 e. The molecule has 2 N–H and O–H groups in total. The number of nitrogens with zero attached hydrogens (tertiary/aromatic N) is 3. The maximum Gasteiger partial charge on any atom is 0.317 e. The molecule has 29 heavy (non-hydrogen) atoms. The number of pyridine rings is 1. The van der Waals surface area contributed by atoms with E-state index < -0.39 is 0 Å². The number of likely N-dealkylation sites (tertiary alicyclic amines) is 1. The number of aryl methyl sites for hydroxylation is 2. The highest BCUT2D eigenvalue weighted by Gasteiger charge is 2.26. The van der Waals surface area contributed by atoms with Crippen LogP contribution in [0, 0.1) is 13.8 Å². The molecule has 1 aromatic carbocycles. The van der Waals surface area contributed by atoms with E-state index in [4.69, 9.17) is 4.74 Å². The van der Waals surface area contributed by atoms with Crippen molar-refractivity contribution in [1.29, 1.82) is 0 Å². The number of H-pyrrole nitrogens is 1. The van der Waals surface area contributed by atoms with Crippen molar-refractivity contribution in [2.45, 2.75) is 39.2 Å². The van der Waals surface area contributed by atoms with Crippen LogP contribution in [0.25, 0.3) is 11.0 Å². The monoisotopic (exact) mass is 393 g/mol. The molecular weight excluding hydrogens is 366 g/mol. The number of ether oxygens (including phenoxy) is 1. The molecule has 2 aromatic heterocycles. The van der Waals surface area contributed by atoms with E-state index in [9.17, 15) is 4.79 Å². The molecule has 152 valence electrons. The van der Waals surface area contributed by atoms with Crippen molar-refractivity contribution in [2.75, 3.05) is 20.2 Å². The quantitative estimate of drug-likeness (QED) is 0.708. The summed E-state index contributed by atoms with van der Waals surface area (Å²) < 4.78 is 5.35. The smallest absolute Gasteiger partial charge is 0.317 e. The highest BCUT2D eigenvalue weighted by atomic mass is 16.5. The van der Waals surface area contributed by atoms with Gasteiger partial charge < -0.3 is 19.9 Å². The molecule has 0 spiro atoms. The number of benzene rings is 1. The Morgan fingerprint density at radius 1 is 1.28 bits per heavy atom. The molecule has 3 aromatic rings. The summed E-state index contributed by atoms with van der Waals surface area (Å²) in [5.74, 6) is 2.08. The minimum atomic E-state index is -0.0288. The zero-order valence-corrected chi connectivity index (χ0v) is 17.2. The average Bonchev–Trinajstić information content (AvgIpc) is 3.15. The predicted octanol–water partition coefficient (Wildman–Crippen LogP) is 3.67. The van der Waals surface area contributed by atoms with Crippen LogP contribution in [0.15, 0.2) is 30.5 Å². The van der Waals surface area contributed by atoms with Gasteiger partial charge in [0.05, 0.1) is 18.3 Å². The maximum absolute atomic E-state index is 12.6. The number of rotatable bonds is 4. The molecule has 0 radical (unpaired) electrons. The molecule has 0 bridgehead atoms. The van der Waals surface area contributed by atoms with Crippen molar-refractivity contribution in [2.24, 2.45) is 0 Å². The lowest BCUT2D eigenvalue weighted by molar-refractivity contribution is 0.181. The first-order valence-corrected chi connectivity index (χ1v) is 10.0. The second-order valence-electron chi connectivity index (χ2n) is 7.58. The van der Waals surface area contributed by atoms with Crippen LogP contribution in [-0.2, 0) is 6.54 Å². The SMILES string of the molecule is COc1ccccc1CNC(=O)N1CCC(c2cnc(C)c3nc(C)[nH]c23)CC1. The van der Waals surface area contributed by atoms with Crippen LogP contribution in [0.1, 0.15) is 41.4 Å². The maximum atomic E-state index is 12.6. The minimum absolute atomic E-state index is 0.0288. The molecule has 7 heteroatoms. The van der Waals surface area contributed by atoms with E-state index in [1.165, 1.54) is 5.56 Å². The van der Waals surface area contributed by atoms with Gasteiger partial charge in [-0.15, -0.1) is 0 Å². The van der Waals surface area contributed by atoms with E-state index >= 15 is 0 Å². The summed E-state index contributed by atoms with van der Waals surface area (Å²) >= 11 is 0. The number of urea groups is 1. The van der Waals surface area contributed by atoms with Crippen LogP contribution in [0.4, 0.5) is 4.79 Å². The fraction of sp³-hybridized carbons (Fsp3) is 0.409. The first-order chi connectivity index (χ1) is 14.1. The number of piperidine rings is 1. The number of carbonyl (C=O) groups is 1. The van der Waals surface area contributed by atoms with Gasteiger partial charge in [0, 0.05) is 31.4 Å². The first kappa shape index (κ1) is 19.2. The van der Waals surface area contributed by atoms with Crippen LogP contribution < -0.4 is 10.1 Å². The van der Waals surface area contributed by atoms with Crippen molar-refractivity contribution in [3.05, 3.63) is 53.1 Å². The van der Waals surface area contributed by atoms with Crippen LogP contribution in [0.3, 0.4) is 0 Å². The summed E-state index contributed by atoms with van der Waals surface area (Å²) in [5, 5.41) is 3.02. The summed E-state index contributed by atoms with van der Waals surface area (Å²) in [6.07, 6.45) is 3.80. The summed E-state index contributed by atoms with van der Waals surface area (Å²) in [7, 11) is 1.64. The zero-order valence-electron chi connectivity index (χ0n) is 17.2. The number of amides is 2. The lowest BCUT2D eigenvalue weighted by Gasteiger charge is -2.32. The Bertz CT molecular complexity index is 1020. The highest BCUT2D eigenvalue weighted by Crippen LogP contribution is 2.32. The summed E-state index contributed by atoms with van der Waals surface area (Å²) in [4.78, 5) is 27.0. The molecule has 0 aliphatic carbocycles. The van der Waals surface area contributed by atoms with Gasteiger partial charge in [0.1, 0.15) is 17.1 Å². The van der Waals surface area contributed by atoms with E-state index in [0.717, 1.165) is 59.8 Å². The van der Waals surface area contributed by atoms with Crippen molar-refractivity contribution in [3.63, 3.8) is 0 Å². The Morgan fingerprint density at radius 3 is 2.79 bits per heavy atom. The standard InChI is InChI=1S/C22H27N5O2/c1-14-20-21(26-15(2)25-20)18(13-23-14)16-8-10-27(11-9-16)22(28)24-12-17-6-4-5-7-19(17)29-3/h4-7,13,16H,8-12H2,1-3H3,(H,24,28)(H,25,26). The summed E-state index contributed by atoms with van der Waals surface area (Å²) in [6.45, 7) is 5.87. The number of fused-ring (bicyclic) bond motifs is 1. The van der Waals surface area contributed by atoms with Gasteiger partial charge in [-0.2, -0.15) is 0 Å². The molecule has 1 aliphatic rings. The van der Waals surface area contributed by atoms with E-state index in [0.29, 0.717) is 12.5 Å². The molecule has 0 unspecified atom stereocenters. The molecule has 1 saturated heterocycles. The fourth-order valence-corrected chi connectivity index (χ4v) is 4.09. The molecule has 3 heterocycles. The highest BCUT2D eigenvalue weighted by molar-refractivity contribution is 5.81. The number of nitrogens with one attached hydrogen (secondary N) is 2. The van der Waals surface area contributed by atoms with Crippen LogP contribution >= 0.6 is 0 Å². The second kappa shape index (κ2) is 8.11. The van der Waals surface area contributed by atoms with E-state index in [1.54, 1.807) is 7.11 Å². The largest absolute Gasteiger partial charge is 0.496 e. The predicted molar refractivity (Wildman–Crippen MR) is 112 cm³/mol. The topological polar surface area (TPSA) is 83.1 Å². The molecule has 0 saturated carbocycles. The van der Waals surface area contributed by atoms with Gasteiger partial charge in [0.25, 0.3) is 0 Å². The van der Waals surface area contributed by atoms with E-state index in [-0.39, 0.29) is 6.03 Å². The van der Waals surface area contributed by atoms with Crippen LogP contribution in [0.5, 0.6) is 5.75 Å². The van der Waals surface area contributed by atoms with Crippen molar-refractivity contribution in [1.82, 2.24) is 25.2 Å². The third-order valence-corrected chi connectivity index (χ3v) is 5.70. The van der Waals surface area contributed by atoms with Gasteiger partial charge >= 0.3 is 6.03 Å². The van der Waals surface area contributed by atoms with E-state index in [1.807, 2.05) is 49.2 Å². The lowest BCUT2D eigenvalue weighted by Crippen LogP contribution is -2.43. The Kier molecular flexibility index (Phi) is 5.38. The van der Waals surface area contributed by atoms with Crippen molar-refractivity contribution >= 4 is 17.1 Å². The van der Waals surface area contributed by atoms with Gasteiger partial charge in [-0.1, -0.05) is 18.2 Å². The summed E-state index contributed by atoms with van der Waals surface area (Å²) in [6, 6.07) is 7.71. The molecule has 0 atom stereocenters. The third-order valence-electron chi connectivity index (χ3n) is 5.70. The number of aromatic amines is 1. The first-order valence-electron chi connectivity index (χ1n) is 10.0. The Morgan fingerprint density at radius 2 is 2.03 bits per heavy atom. The second-order valence-corrected chi connectivity index (χ2v) is 7.58. The molecule has 1 aliphatic heterocycles. The molecule has 4 rings (SSSR count). The number of hydrogen-bond donors (Lipinski definition) is 2. The molecule has 7 nitrogen and oxygen atoms in total. The van der Waals surface area contributed by atoms with Gasteiger partial charge in [0.2, 0.25) is 0 Å². The van der Waals surface area contributed by atoms with Crippen molar-refractivity contribution < 1.29 is 9.53 Å². The molecule has 1 fully saturated rings. The van der Waals surface area contributed by atoms with Crippen LogP contribution in [-0.4, -0.2) is 46.1 Å². The van der Waals surface area contributed by atoms with Gasteiger partial charge in [-0.05, 0) is 44.2 Å². The van der Waals surface area contributed by atoms with E-state index in [2.05, 4.69) is 20.3 Å². The lowest BCUT2D eigenvalue weighted by atomic mass is 9.89. The number of aromatic nitrogens is 3. The number of carbonyl (C=O) groups excluding carboxylic acids is 1. The van der Waals surface area contributed by atoms with Gasteiger partial charge in [-0.25, -0.2) is 9.78 Å². The molecule has 2 amide bonds. The Balaban J connectivity index is 1.38. The number of imidazole rings is 1. The number of hydrogen-bond acceptors (Lipinski definition) is 4. The van der Waals surface area contributed by atoms with Gasteiger partial charge in [0.15, 0.2) is 0 Å². The number of para-hydroxylation sites is 1. The summed E-state index contributed by atoms with van der Waals surface area (Å²) in [5.41, 5.74) is 5.17. The van der Waals surface area contributed by atoms with Gasteiger partial charge in [-0.3, -0.25) is 4.98 Å². The molecular formula is C22H27N5O2. The number of methoxy groups -OCH3 is 1. The Labute approximate surface area is 170 Å². The van der Waals surface area contributed by atoms with Crippen molar-refractivity contribution in [3.8, 4) is 5.75 Å². The fourth-order valence-electron chi connectivity index (χ4n) is 4.09. The zero-order chi connectivity index (χ0) is 20.4. The average molecular weight is 393 g/mol. The van der Waals surface area contributed by atoms with Crippen LogP contribution in [0.2, 0.25) is 0 Å².